The van der Waals surface area contributed by atoms with Crippen molar-refractivity contribution in [1.29, 1.82) is 0 Å². The topological polar surface area (TPSA) is 28.7 Å². The number of aromatic nitrogens is 2. The molecule has 0 amide bonds. The molecule has 0 atom stereocenters. The number of nitrogens with zero attached hydrogens (tertiary/aromatic N) is 1. The molecule has 4 aromatic carbocycles. The van der Waals surface area contributed by atoms with Crippen LogP contribution in [0.2, 0.25) is 0 Å². The molecular formula is C21H14N2. The summed E-state index contributed by atoms with van der Waals surface area (Å²) in [5.41, 5.74) is 3.29. The van der Waals surface area contributed by atoms with E-state index < -0.39 is 0 Å². The largest absolute Gasteiger partial charge is 0.277 e. The Balaban J connectivity index is 1.88. The number of H-pyrrole nitrogens is 1. The van der Waals surface area contributed by atoms with Crippen molar-refractivity contribution in [3.63, 3.8) is 0 Å². The first-order chi connectivity index (χ1) is 11.4. The van der Waals surface area contributed by atoms with Gasteiger partial charge in [0.2, 0.25) is 0 Å². The maximum Gasteiger partial charge on any atom is 0.101 e. The predicted molar refractivity (Wildman–Crippen MR) is 96.5 cm³/mol. The number of aromatic amines is 1. The minimum Gasteiger partial charge on any atom is -0.277 e. The van der Waals surface area contributed by atoms with Gasteiger partial charge in [-0.25, -0.2) is 0 Å². The fraction of sp³-hybridized carbons (Fsp3) is 0. The van der Waals surface area contributed by atoms with E-state index in [9.17, 15) is 0 Å². The van der Waals surface area contributed by atoms with Gasteiger partial charge in [0.25, 0.3) is 0 Å². The smallest absolute Gasteiger partial charge is 0.101 e. The molecule has 108 valence electrons. The van der Waals surface area contributed by atoms with Crippen LogP contribution in [0.1, 0.15) is 0 Å². The van der Waals surface area contributed by atoms with E-state index in [0.29, 0.717) is 0 Å². The Morgan fingerprint density at radius 3 is 2.13 bits per heavy atom. The summed E-state index contributed by atoms with van der Waals surface area (Å²) in [6.45, 7) is 0. The van der Waals surface area contributed by atoms with E-state index in [1.54, 1.807) is 0 Å². The van der Waals surface area contributed by atoms with Crippen LogP contribution in [0, 0.1) is 0 Å². The van der Waals surface area contributed by atoms with E-state index in [-0.39, 0.29) is 0 Å². The second kappa shape index (κ2) is 4.68. The average Bonchev–Trinajstić information content (AvgIpc) is 3.05. The van der Waals surface area contributed by atoms with Gasteiger partial charge in [-0.1, -0.05) is 72.8 Å². The summed E-state index contributed by atoms with van der Waals surface area (Å²) < 4.78 is 0. The number of rotatable bonds is 1. The number of nitrogens with one attached hydrogen (secondary N) is 1. The Bertz CT molecular complexity index is 1160. The third-order valence-corrected chi connectivity index (χ3v) is 4.51. The lowest BCUT2D eigenvalue weighted by Crippen LogP contribution is -1.82. The van der Waals surface area contributed by atoms with Crippen LogP contribution in [-0.2, 0) is 0 Å². The molecule has 0 spiro atoms. The molecule has 0 unspecified atom stereocenters. The van der Waals surface area contributed by atoms with Crippen LogP contribution in [0.25, 0.3) is 43.7 Å². The van der Waals surface area contributed by atoms with Crippen LogP contribution in [0.5, 0.6) is 0 Å². The summed E-state index contributed by atoms with van der Waals surface area (Å²) in [6, 6.07) is 27.6. The second-order valence-electron chi connectivity index (χ2n) is 5.81. The molecule has 1 heterocycles. The molecule has 0 aliphatic carbocycles. The molecule has 0 fully saturated rings. The molecule has 1 N–H and O–H groups in total. The standard InChI is InChI=1S/C21H14N2/c1-3-9-16-14(6-1)8-5-11-18(16)21-19-13-12-15-7-2-4-10-17(15)20(19)22-23-21/h1-13H,(H,22,23). The van der Waals surface area contributed by atoms with Gasteiger partial charge in [0, 0.05) is 16.3 Å². The van der Waals surface area contributed by atoms with Gasteiger partial charge in [0.05, 0.1) is 5.52 Å². The fourth-order valence-electron chi connectivity index (χ4n) is 3.40. The van der Waals surface area contributed by atoms with Gasteiger partial charge in [-0.3, -0.25) is 5.10 Å². The molecule has 5 rings (SSSR count). The maximum absolute atomic E-state index is 4.64. The molecular weight excluding hydrogens is 280 g/mol. The molecule has 0 bridgehead atoms. The highest BCUT2D eigenvalue weighted by Gasteiger charge is 2.12. The lowest BCUT2D eigenvalue weighted by molar-refractivity contribution is 1.13. The minimum atomic E-state index is 1.02. The molecule has 0 aliphatic rings. The fourth-order valence-corrected chi connectivity index (χ4v) is 3.40. The van der Waals surface area contributed by atoms with Gasteiger partial charge in [0.1, 0.15) is 5.69 Å². The summed E-state index contributed by atoms with van der Waals surface area (Å²) in [5.74, 6) is 0. The first-order valence-corrected chi connectivity index (χ1v) is 7.76. The summed E-state index contributed by atoms with van der Waals surface area (Å²) in [7, 11) is 0. The van der Waals surface area contributed by atoms with Gasteiger partial charge < -0.3 is 0 Å². The van der Waals surface area contributed by atoms with E-state index in [1.807, 2.05) is 0 Å². The molecule has 0 saturated heterocycles. The molecule has 23 heavy (non-hydrogen) atoms. The molecule has 2 nitrogen and oxygen atoms in total. The van der Waals surface area contributed by atoms with E-state index in [4.69, 9.17) is 0 Å². The van der Waals surface area contributed by atoms with Crippen molar-refractivity contribution in [3.8, 4) is 11.3 Å². The lowest BCUT2D eigenvalue weighted by atomic mass is 9.99. The SMILES string of the molecule is c1ccc2c(-c3n[nH]c4c3ccc3ccccc34)cccc2c1. The van der Waals surface area contributed by atoms with Crippen LogP contribution >= 0.6 is 0 Å². The molecule has 0 saturated carbocycles. The maximum atomic E-state index is 4.64. The highest BCUT2D eigenvalue weighted by Crippen LogP contribution is 2.34. The first kappa shape index (κ1) is 12.4. The minimum absolute atomic E-state index is 1.02. The third-order valence-electron chi connectivity index (χ3n) is 4.51. The molecule has 0 radical (unpaired) electrons. The Kier molecular flexibility index (Phi) is 2.53. The zero-order chi connectivity index (χ0) is 15.2. The molecule has 5 aromatic rings. The number of fused-ring (bicyclic) bond motifs is 4. The van der Waals surface area contributed by atoms with Crippen molar-refractivity contribution in [2.45, 2.75) is 0 Å². The zero-order valence-electron chi connectivity index (χ0n) is 12.5. The van der Waals surface area contributed by atoms with Crippen molar-refractivity contribution < 1.29 is 0 Å². The van der Waals surface area contributed by atoms with Gasteiger partial charge in [0.15, 0.2) is 0 Å². The Morgan fingerprint density at radius 1 is 0.565 bits per heavy atom. The van der Waals surface area contributed by atoms with E-state index in [1.165, 1.54) is 32.5 Å². The monoisotopic (exact) mass is 294 g/mol. The number of hydrogen-bond acceptors (Lipinski definition) is 1. The Hall–Kier alpha value is -3.13. The quantitative estimate of drug-likeness (QED) is 0.432. The number of benzene rings is 4. The summed E-state index contributed by atoms with van der Waals surface area (Å²) in [5, 5.41) is 14.0. The van der Waals surface area contributed by atoms with E-state index >= 15 is 0 Å². The third kappa shape index (κ3) is 1.78. The summed E-state index contributed by atoms with van der Waals surface area (Å²) >= 11 is 0. The van der Waals surface area contributed by atoms with Gasteiger partial charge in [-0.2, -0.15) is 5.10 Å². The van der Waals surface area contributed by atoms with Gasteiger partial charge >= 0.3 is 0 Å². The van der Waals surface area contributed by atoms with Gasteiger partial charge in [-0.15, -0.1) is 0 Å². The van der Waals surface area contributed by atoms with Crippen molar-refractivity contribution >= 4 is 32.4 Å². The highest BCUT2D eigenvalue weighted by atomic mass is 15.1. The van der Waals surface area contributed by atoms with Crippen molar-refractivity contribution in [3.05, 3.63) is 78.9 Å². The first-order valence-electron chi connectivity index (χ1n) is 7.76. The second-order valence-corrected chi connectivity index (χ2v) is 5.81. The highest BCUT2D eigenvalue weighted by molar-refractivity contribution is 6.11. The van der Waals surface area contributed by atoms with Crippen molar-refractivity contribution in [2.75, 3.05) is 0 Å². The summed E-state index contributed by atoms with van der Waals surface area (Å²) in [6.07, 6.45) is 0. The Labute approximate surface area is 133 Å². The van der Waals surface area contributed by atoms with Crippen LogP contribution in [0.4, 0.5) is 0 Å². The van der Waals surface area contributed by atoms with Crippen LogP contribution < -0.4 is 0 Å². The zero-order valence-corrected chi connectivity index (χ0v) is 12.5. The van der Waals surface area contributed by atoms with Crippen LogP contribution in [-0.4, -0.2) is 10.2 Å². The Morgan fingerprint density at radius 2 is 1.26 bits per heavy atom. The van der Waals surface area contributed by atoms with Crippen LogP contribution in [0.3, 0.4) is 0 Å². The van der Waals surface area contributed by atoms with Gasteiger partial charge in [-0.05, 0) is 22.2 Å². The number of hydrogen-bond donors (Lipinski definition) is 1. The predicted octanol–water partition coefficient (Wildman–Crippen LogP) is 5.54. The lowest BCUT2D eigenvalue weighted by Gasteiger charge is -2.05. The molecule has 0 aliphatic heterocycles. The van der Waals surface area contributed by atoms with E-state index in [0.717, 1.165) is 11.2 Å². The normalized spacial score (nSPS) is 11.5. The van der Waals surface area contributed by atoms with Crippen molar-refractivity contribution in [1.82, 2.24) is 10.2 Å². The van der Waals surface area contributed by atoms with E-state index in [2.05, 4.69) is 89.1 Å². The van der Waals surface area contributed by atoms with Crippen LogP contribution in [0.15, 0.2) is 78.9 Å². The average molecular weight is 294 g/mol. The van der Waals surface area contributed by atoms with Crippen molar-refractivity contribution in [2.24, 2.45) is 0 Å². The molecule has 2 heteroatoms. The molecule has 1 aromatic heterocycles. The summed E-state index contributed by atoms with van der Waals surface area (Å²) in [4.78, 5) is 0.